The highest BCUT2D eigenvalue weighted by atomic mass is 79.9. The molecule has 0 aliphatic rings. The van der Waals surface area contributed by atoms with Gasteiger partial charge in [-0.15, -0.1) is 13.2 Å². The van der Waals surface area contributed by atoms with E-state index in [-0.39, 0.29) is 21.6 Å². The summed E-state index contributed by atoms with van der Waals surface area (Å²) in [6, 6.07) is 4.51. The first kappa shape index (κ1) is 14.6. The van der Waals surface area contributed by atoms with Gasteiger partial charge in [-0.2, -0.15) is 0 Å². The van der Waals surface area contributed by atoms with E-state index in [0.29, 0.717) is 6.29 Å². The monoisotopic (exact) mass is 352 g/mol. The predicted octanol–water partition coefficient (Wildman–Crippen LogP) is 4.56. The average molecular weight is 353 g/mol. The number of halogens is 5. The molecule has 0 N–H and O–H groups in total. The summed E-state index contributed by atoms with van der Waals surface area (Å²) in [6.07, 6.45) is -4.67. The molecule has 0 fully saturated rings. The minimum atomic E-state index is -5.05. The zero-order chi connectivity index (χ0) is 14.9. The Balaban J connectivity index is 2.58. The van der Waals surface area contributed by atoms with Crippen molar-refractivity contribution in [1.82, 2.24) is 0 Å². The van der Waals surface area contributed by atoms with Crippen LogP contribution in [0.2, 0.25) is 0 Å². The fraction of sp³-hybridized carbons (Fsp3) is 0.0833. The van der Waals surface area contributed by atoms with Crippen LogP contribution in [0.15, 0.2) is 33.2 Å². The Hall–Kier alpha value is -1.83. The van der Waals surface area contributed by atoms with Crippen LogP contribution in [-0.4, -0.2) is 12.6 Å². The third-order valence-electron chi connectivity index (χ3n) is 2.23. The molecule has 20 heavy (non-hydrogen) atoms. The van der Waals surface area contributed by atoms with E-state index in [9.17, 15) is 22.4 Å². The molecule has 3 nitrogen and oxygen atoms in total. The summed E-state index contributed by atoms with van der Waals surface area (Å²) in [7, 11) is 0. The van der Waals surface area contributed by atoms with Gasteiger partial charge < -0.3 is 9.15 Å². The number of alkyl halides is 3. The van der Waals surface area contributed by atoms with Crippen LogP contribution >= 0.6 is 15.9 Å². The first-order valence-electron chi connectivity index (χ1n) is 5.10. The summed E-state index contributed by atoms with van der Waals surface area (Å²) in [5.41, 5.74) is -0.262. The lowest BCUT2D eigenvalue weighted by Crippen LogP contribution is -2.18. The largest absolute Gasteiger partial charge is 0.573 e. The number of ether oxygens (including phenoxy) is 1. The van der Waals surface area contributed by atoms with Gasteiger partial charge in [0.1, 0.15) is 5.76 Å². The fourth-order valence-corrected chi connectivity index (χ4v) is 1.95. The van der Waals surface area contributed by atoms with Crippen LogP contribution < -0.4 is 4.74 Å². The molecule has 1 aromatic carbocycles. The number of carbonyl (C=O) groups is 1. The number of furan rings is 1. The molecule has 2 aromatic rings. The van der Waals surface area contributed by atoms with E-state index in [1.54, 1.807) is 0 Å². The molecule has 0 aliphatic heterocycles. The van der Waals surface area contributed by atoms with Crippen molar-refractivity contribution in [2.45, 2.75) is 6.36 Å². The van der Waals surface area contributed by atoms with E-state index in [1.165, 1.54) is 18.2 Å². The molecule has 0 amide bonds. The Morgan fingerprint density at radius 2 is 1.95 bits per heavy atom. The van der Waals surface area contributed by atoms with Crippen molar-refractivity contribution < 1.29 is 31.5 Å². The summed E-state index contributed by atoms with van der Waals surface area (Å²) < 4.78 is 59.4. The van der Waals surface area contributed by atoms with Crippen LogP contribution in [0.4, 0.5) is 17.6 Å². The molecule has 106 valence electrons. The Kier molecular flexibility index (Phi) is 3.85. The molecule has 0 unspecified atom stereocenters. The SMILES string of the molecule is O=Cc1ccc(-c2cc(Br)cc(F)c2OC(F)(F)F)o1. The number of rotatable bonds is 3. The van der Waals surface area contributed by atoms with Crippen molar-refractivity contribution in [1.29, 1.82) is 0 Å². The smallest absolute Gasteiger partial charge is 0.453 e. The zero-order valence-corrected chi connectivity index (χ0v) is 11.1. The molecular weight excluding hydrogens is 348 g/mol. The molecule has 0 spiro atoms. The fourth-order valence-electron chi connectivity index (χ4n) is 1.52. The molecule has 0 atom stereocenters. The highest BCUT2D eigenvalue weighted by Crippen LogP contribution is 2.38. The Labute approximate surface area is 118 Å². The van der Waals surface area contributed by atoms with Crippen LogP contribution in [0.3, 0.4) is 0 Å². The van der Waals surface area contributed by atoms with Crippen molar-refractivity contribution in [2.24, 2.45) is 0 Å². The highest BCUT2D eigenvalue weighted by Gasteiger charge is 2.34. The molecule has 0 bridgehead atoms. The van der Waals surface area contributed by atoms with E-state index < -0.39 is 17.9 Å². The Bertz CT molecular complexity index is 649. The Morgan fingerprint density at radius 3 is 2.50 bits per heavy atom. The van der Waals surface area contributed by atoms with Crippen LogP contribution in [-0.2, 0) is 0 Å². The van der Waals surface area contributed by atoms with Crippen molar-refractivity contribution in [3.63, 3.8) is 0 Å². The maximum absolute atomic E-state index is 13.6. The van der Waals surface area contributed by atoms with Crippen molar-refractivity contribution in [3.8, 4) is 17.1 Å². The molecule has 0 saturated heterocycles. The highest BCUT2D eigenvalue weighted by molar-refractivity contribution is 9.10. The van der Waals surface area contributed by atoms with Gasteiger partial charge in [0, 0.05) is 4.47 Å². The van der Waals surface area contributed by atoms with Gasteiger partial charge >= 0.3 is 6.36 Å². The molecule has 0 radical (unpaired) electrons. The lowest BCUT2D eigenvalue weighted by Gasteiger charge is -2.13. The first-order valence-corrected chi connectivity index (χ1v) is 5.89. The van der Waals surface area contributed by atoms with Gasteiger partial charge in [0.05, 0.1) is 5.56 Å². The quantitative estimate of drug-likeness (QED) is 0.600. The Morgan fingerprint density at radius 1 is 1.25 bits per heavy atom. The summed E-state index contributed by atoms with van der Waals surface area (Å²) in [4.78, 5) is 10.5. The second-order valence-corrected chi connectivity index (χ2v) is 4.55. The normalized spacial score (nSPS) is 11.4. The van der Waals surface area contributed by atoms with E-state index in [0.717, 1.165) is 6.07 Å². The first-order chi connectivity index (χ1) is 9.30. The van der Waals surface area contributed by atoms with E-state index >= 15 is 0 Å². The molecule has 0 aliphatic carbocycles. The van der Waals surface area contributed by atoms with Crippen LogP contribution in [0, 0.1) is 5.82 Å². The minimum absolute atomic E-state index is 0.0988. The van der Waals surface area contributed by atoms with Gasteiger partial charge in [-0.3, -0.25) is 4.79 Å². The third-order valence-corrected chi connectivity index (χ3v) is 2.69. The standard InChI is InChI=1S/C12H5BrF4O3/c13-6-3-8(10-2-1-7(5-18)19-10)11(9(14)4-6)20-12(15,16)17/h1-5H. The van der Waals surface area contributed by atoms with Crippen LogP contribution in [0.1, 0.15) is 10.6 Å². The predicted molar refractivity (Wildman–Crippen MR) is 63.9 cm³/mol. The summed E-state index contributed by atoms with van der Waals surface area (Å²) in [6.45, 7) is 0. The number of benzene rings is 1. The van der Waals surface area contributed by atoms with Crippen molar-refractivity contribution in [2.75, 3.05) is 0 Å². The number of carbonyl (C=O) groups excluding carboxylic acids is 1. The van der Waals surface area contributed by atoms with Crippen LogP contribution in [0.5, 0.6) is 5.75 Å². The van der Waals surface area contributed by atoms with Gasteiger partial charge in [0.25, 0.3) is 0 Å². The number of aldehydes is 1. The number of hydrogen-bond acceptors (Lipinski definition) is 3. The lowest BCUT2D eigenvalue weighted by molar-refractivity contribution is -0.275. The van der Waals surface area contributed by atoms with Gasteiger partial charge in [0.15, 0.2) is 23.6 Å². The second kappa shape index (κ2) is 5.28. The molecule has 1 aromatic heterocycles. The maximum Gasteiger partial charge on any atom is 0.573 e. The third kappa shape index (κ3) is 3.19. The second-order valence-electron chi connectivity index (χ2n) is 3.63. The molecule has 0 saturated carbocycles. The van der Waals surface area contributed by atoms with Gasteiger partial charge in [0.2, 0.25) is 0 Å². The summed E-state index contributed by atoms with van der Waals surface area (Å²) in [5, 5.41) is 0. The summed E-state index contributed by atoms with van der Waals surface area (Å²) >= 11 is 2.96. The van der Waals surface area contributed by atoms with E-state index in [1.807, 2.05) is 0 Å². The number of hydrogen-bond donors (Lipinski definition) is 0. The van der Waals surface area contributed by atoms with Crippen molar-refractivity contribution in [3.05, 3.63) is 40.3 Å². The van der Waals surface area contributed by atoms with Gasteiger partial charge in [-0.05, 0) is 24.3 Å². The molecule has 2 rings (SSSR count). The van der Waals surface area contributed by atoms with Crippen LogP contribution in [0.25, 0.3) is 11.3 Å². The lowest BCUT2D eigenvalue weighted by atomic mass is 10.1. The van der Waals surface area contributed by atoms with Crippen molar-refractivity contribution >= 4 is 22.2 Å². The molecule has 1 heterocycles. The molecule has 8 heteroatoms. The minimum Gasteiger partial charge on any atom is -0.453 e. The maximum atomic E-state index is 13.6. The zero-order valence-electron chi connectivity index (χ0n) is 9.50. The summed E-state index contributed by atoms with van der Waals surface area (Å²) in [5.74, 6) is -2.45. The molecular formula is C12H5BrF4O3. The van der Waals surface area contributed by atoms with Gasteiger partial charge in [-0.25, -0.2) is 4.39 Å². The average Bonchev–Trinajstić information content (AvgIpc) is 2.79. The van der Waals surface area contributed by atoms with E-state index in [4.69, 9.17) is 4.42 Å². The van der Waals surface area contributed by atoms with E-state index in [2.05, 4.69) is 20.7 Å². The van der Waals surface area contributed by atoms with Gasteiger partial charge in [-0.1, -0.05) is 15.9 Å². The topological polar surface area (TPSA) is 39.4 Å².